The molecule has 0 bridgehead atoms. The lowest BCUT2D eigenvalue weighted by atomic mass is 10.0. The summed E-state index contributed by atoms with van der Waals surface area (Å²) in [6.45, 7) is 5.35. The van der Waals surface area contributed by atoms with Gasteiger partial charge in [-0.3, -0.25) is 14.1 Å². The average Bonchev–Trinajstić information content (AvgIpc) is 3.30. The van der Waals surface area contributed by atoms with Gasteiger partial charge in [0.1, 0.15) is 6.33 Å². The zero-order valence-electron chi connectivity index (χ0n) is 13.6. The molecule has 122 valence electrons. The number of nitrogens with zero attached hydrogens (tertiary/aromatic N) is 5. The highest BCUT2D eigenvalue weighted by atomic mass is 16.2. The lowest BCUT2D eigenvalue weighted by molar-refractivity contribution is 0.0649. The quantitative estimate of drug-likeness (QED) is 0.867. The van der Waals surface area contributed by atoms with E-state index in [1.54, 1.807) is 6.33 Å². The van der Waals surface area contributed by atoms with E-state index in [0.29, 0.717) is 12.1 Å². The van der Waals surface area contributed by atoms with Crippen molar-refractivity contribution < 1.29 is 4.79 Å². The first-order chi connectivity index (χ1) is 11.3. The van der Waals surface area contributed by atoms with Crippen molar-refractivity contribution in [2.75, 3.05) is 19.6 Å². The minimum Gasteiger partial charge on any atom is -0.334 e. The molecule has 4 heterocycles. The Morgan fingerprint density at radius 2 is 2.04 bits per heavy atom. The van der Waals surface area contributed by atoms with E-state index in [2.05, 4.69) is 26.9 Å². The summed E-state index contributed by atoms with van der Waals surface area (Å²) in [5, 5.41) is 7.88. The minimum atomic E-state index is 0.144. The molecule has 2 aromatic heterocycles. The fourth-order valence-corrected chi connectivity index (χ4v) is 4.24. The number of carbonyl (C=O) groups excluding carboxylic acids is 1. The molecule has 0 saturated carbocycles. The molecular weight excluding hydrogens is 290 g/mol. The Labute approximate surface area is 136 Å². The largest absolute Gasteiger partial charge is 0.334 e. The van der Waals surface area contributed by atoms with Crippen LogP contribution in [0, 0.1) is 0 Å². The highest BCUT2D eigenvalue weighted by Crippen LogP contribution is 2.30. The zero-order chi connectivity index (χ0) is 15.8. The van der Waals surface area contributed by atoms with E-state index in [9.17, 15) is 4.79 Å². The first-order valence-electron chi connectivity index (χ1n) is 8.62. The molecule has 0 radical (unpaired) electrons. The van der Waals surface area contributed by atoms with Gasteiger partial charge >= 0.3 is 0 Å². The van der Waals surface area contributed by atoms with Gasteiger partial charge in [0.05, 0.1) is 5.56 Å². The molecule has 23 heavy (non-hydrogen) atoms. The third-order valence-corrected chi connectivity index (χ3v) is 5.36. The van der Waals surface area contributed by atoms with Gasteiger partial charge in [-0.1, -0.05) is 6.92 Å². The second-order valence-corrected chi connectivity index (χ2v) is 6.56. The number of amides is 1. The second kappa shape index (κ2) is 5.92. The molecule has 6 heteroatoms. The summed E-state index contributed by atoms with van der Waals surface area (Å²) in [5.74, 6) is 0.144. The van der Waals surface area contributed by atoms with Gasteiger partial charge in [-0.2, -0.15) is 0 Å². The van der Waals surface area contributed by atoms with Crippen molar-refractivity contribution >= 4 is 11.6 Å². The molecule has 0 aliphatic carbocycles. The first kappa shape index (κ1) is 14.6. The van der Waals surface area contributed by atoms with E-state index in [1.165, 1.54) is 19.4 Å². The predicted octanol–water partition coefficient (Wildman–Crippen LogP) is 1.82. The molecule has 2 aromatic rings. The number of likely N-dealkylation sites (N-methyl/N-ethyl adjacent to an activating group) is 1. The number of rotatable bonds is 3. The molecule has 6 nitrogen and oxygen atoms in total. The summed E-state index contributed by atoms with van der Waals surface area (Å²) >= 11 is 0. The molecule has 0 spiro atoms. The van der Waals surface area contributed by atoms with Gasteiger partial charge in [0.2, 0.25) is 0 Å². The highest BCUT2D eigenvalue weighted by molar-refractivity contribution is 5.94. The van der Waals surface area contributed by atoms with Crippen molar-refractivity contribution in [1.82, 2.24) is 24.4 Å². The van der Waals surface area contributed by atoms with Gasteiger partial charge in [-0.05, 0) is 50.9 Å². The van der Waals surface area contributed by atoms with Crippen molar-refractivity contribution in [3.05, 3.63) is 30.2 Å². The van der Waals surface area contributed by atoms with Crippen molar-refractivity contribution in [3.63, 3.8) is 0 Å². The molecule has 2 fully saturated rings. The number of hydrogen-bond donors (Lipinski definition) is 0. The van der Waals surface area contributed by atoms with Crippen molar-refractivity contribution in [3.8, 4) is 0 Å². The molecule has 2 unspecified atom stereocenters. The number of pyridine rings is 1. The number of carbonyl (C=O) groups is 1. The van der Waals surface area contributed by atoms with E-state index in [-0.39, 0.29) is 5.91 Å². The van der Waals surface area contributed by atoms with E-state index >= 15 is 0 Å². The van der Waals surface area contributed by atoms with Gasteiger partial charge in [0.15, 0.2) is 5.65 Å². The van der Waals surface area contributed by atoms with E-state index in [4.69, 9.17) is 0 Å². The topological polar surface area (TPSA) is 53.7 Å². The van der Waals surface area contributed by atoms with Crippen LogP contribution in [0.2, 0.25) is 0 Å². The Bertz CT molecular complexity index is 712. The second-order valence-electron chi connectivity index (χ2n) is 6.56. The Balaban J connectivity index is 1.59. The smallest absolute Gasteiger partial charge is 0.255 e. The molecule has 0 aromatic carbocycles. The lowest BCUT2D eigenvalue weighted by Crippen LogP contribution is -2.48. The first-order valence-corrected chi connectivity index (χ1v) is 8.62. The third kappa shape index (κ3) is 2.51. The van der Waals surface area contributed by atoms with Crippen molar-refractivity contribution in [1.29, 1.82) is 0 Å². The number of fused-ring (bicyclic) bond motifs is 1. The average molecular weight is 313 g/mol. The van der Waals surface area contributed by atoms with Crippen molar-refractivity contribution in [2.45, 2.75) is 44.7 Å². The summed E-state index contributed by atoms with van der Waals surface area (Å²) in [6.07, 6.45) is 8.19. The number of likely N-dealkylation sites (tertiary alicyclic amines) is 2. The molecule has 2 atom stereocenters. The van der Waals surface area contributed by atoms with Crippen LogP contribution < -0.4 is 0 Å². The molecule has 2 aliphatic heterocycles. The standard InChI is InChI=1S/C17H23N5O/c1-2-20-9-3-5-14(20)15-6-4-10-22(15)17(23)13-7-8-16-19-18-12-21(16)11-13/h7-8,11-12,14-15H,2-6,9-10H2,1H3. The number of hydrogen-bond acceptors (Lipinski definition) is 4. The predicted molar refractivity (Wildman–Crippen MR) is 87.3 cm³/mol. The van der Waals surface area contributed by atoms with Crippen LogP contribution >= 0.6 is 0 Å². The van der Waals surface area contributed by atoms with Gasteiger partial charge in [0, 0.05) is 24.8 Å². The molecule has 2 aliphatic rings. The maximum Gasteiger partial charge on any atom is 0.255 e. The Hall–Kier alpha value is -1.95. The fraction of sp³-hybridized carbons (Fsp3) is 0.588. The van der Waals surface area contributed by atoms with Gasteiger partial charge in [0.25, 0.3) is 5.91 Å². The maximum absolute atomic E-state index is 13.0. The van der Waals surface area contributed by atoms with Crippen LogP contribution in [0.25, 0.3) is 5.65 Å². The Kier molecular flexibility index (Phi) is 3.77. The third-order valence-electron chi connectivity index (χ3n) is 5.36. The monoisotopic (exact) mass is 313 g/mol. The van der Waals surface area contributed by atoms with Crippen LogP contribution in [-0.4, -0.2) is 62.0 Å². The summed E-state index contributed by atoms with van der Waals surface area (Å²) in [4.78, 5) is 17.7. The summed E-state index contributed by atoms with van der Waals surface area (Å²) in [7, 11) is 0. The van der Waals surface area contributed by atoms with Crippen LogP contribution in [0.15, 0.2) is 24.7 Å². The SMILES string of the molecule is CCN1CCCC1C1CCCN1C(=O)c1ccc2nncn2c1. The molecule has 2 saturated heterocycles. The lowest BCUT2D eigenvalue weighted by Gasteiger charge is -2.34. The highest BCUT2D eigenvalue weighted by Gasteiger charge is 2.39. The van der Waals surface area contributed by atoms with Crippen LogP contribution in [0.1, 0.15) is 43.0 Å². The zero-order valence-corrected chi connectivity index (χ0v) is 13.6. The number of aromatic nitrogens is 3. The van der Waals surface area contributed by atoms with E-state index in [1.807, 2.05) is 22.7 Å². The molecule has 1 amide bonds. The minimum absolute atomic E-state index is 0.144. The van der Waals surface area contributed by atoms with Gasteiger partial charge in [-0.25, -0.2) is 0 Å². The fourth-order valence-electron chi connectivity index (χ4n) is 4.24. The summed E-state index contributed by atoms with van der Waals surface area (Å²) in [6, 6.07) is 4.62. The molecular formula is C17H23N5O. The molecule has 4 rings (SSSR count). The maximum atomic E-state index is 13.0. The van der Waals surface area contributed by atoms with Crippen LogP contribution in [0.4, 0.5) is 0 Å². The van der Waals surface area contributed by atoms with E-state index < -0.39 is 0 Å². The normalized spacial score (nSPS) is 25.5. The van der Waals surface area contributed by atoms with Crippen LogP contribution in [0.3, 0.4) is 0 Å². The van der Waals surface area contributed by atoms with Crippen LogP contribution in [-0.2, 0) is 0 Å². The van der Waals surface area contributed by atoms with Crippen molar-refractivity contribution in [2.24, 2.45) is 0 Å². The summed E-state index contributed by atoms with van der Waals surface area (Å²) < 4.78 is 1.81. The van der Waals surface area contributed by atoms with E-state index in [0.717, 1.165) is 37.1 Å². The van der Waals surface area contributed by atoms with Gasteiger partial charge in [-0.15, -0.1) is 10.2 Å². The van der Waals surface area contributed by atoms with Crippen LogP contribution in [0.5, 0.6) is 0 Å². The Morgan fingerprint density at radius 3 is 2.91 bits per heavy atom. The summed E-state index contributed by atoms with van der Waals surface area (Å²) in [5.41, 5.74) is 1.50. The Morgan fingerprint density at radius 1 is 1.22 bits per heavy atom. The molecule has 0 N–H and O–H groups in total. The van der Waals surface area contributed by atoms with Gasteiger partial charge < -0.3 is 4.90 Å².